The lowest BCUT2D eigenvalue weighted by Gasteiger charge is -2.06. The van der Waals surface area contributed by atoms with Gasteiger partial charge in [0, 0.05) is 23.3 Å². The van der Waals surface area contributed by atoms with Gasteiger partial charge < -0.3 is 14.6 Å². The number of aryl methyl sites for hydroxylation is 3. The molecule has 1 amide bonds. The van der Waals surface area contributed by atoms with Crippen molar-refractivity contribution in [3.8, 4) is 5.75 Å². The van der Waals surface area contributed by atoms with Gasteiger partial charge in [-0.05, 0) is 45.0 Å². The SMILES string of the molecule is CCn1nc(NC(=O)c2noc(C)c2COc2ccc(Cl)cc2)cc1C. The van der Waals surface area contributed by atoms with Crippen molar-refractivity contribution in [2.24, 2.45) is 0 Å². The maximum absolute atomic E-state index is 12.6. The summed E-state index contributed by atoms with van der Waals surface area (Å²) in [5.41, 5.74) is 1.73. The third kappa shape index (κ3) is 3.88. The van der Waals surface area contributed by atoms with E-state index in [0.29, 0.717) is 27.9 Å². The minimum Gasteiger partial charge on any atom is -0.489 e. The number of carbonyl (C=O) groups excluding carboxylic acids is 1. The first-order valence-electron chi connectivity index (χ1n) is 8.17. The van der Waals surface area contributed by atoms with Gasteiger partial charge in [-0.1, -0.05) is 16.8 Å². The van der Waals surface area contributed by atoms with Crippen molar-refractivity contribution in [1.29, 1.82) is 0 Å². The number of rotatable bonds is 6. The van der Waals surface area contributed by atoms with E-state index in [1.54, 1.807) is 41.9 Å². The van der Waals surface area contributed by atoms with E-state index in [9.17, 15) is 4.79 Å². The zero-order valence-electron chi connectivity index (χ0n) is 14.7. The molecule has 8 heteroatoms. The van der Waals surface area contributed by atoms with Crippen LogP contribution in [0.2, 0.25) is 5.02 Å². The molecule has 136 valence electrons. The largest absolute Gasteiger partial charge is 0.489 e. The quantitative estimate of drug-likeness (QED) is 0.705. The number of ether oxygens (including phenoxy) is 1. The van der Waals surface area contributed by atoms with Crippen molar-refractivity contribution in [3.05, 3.63) is 58.1 Å². The van der Waals surface area contributed by atoms with Gasteiger partial charge in [-0.25, -0.2) is 0 Å². The van der Waals surface area contributed by atoms with Gasteiger partial charge in [0.1, 0.15) is 18.1 Å². The number of anilines is 1. The Morgan fingerprint density at radius 2 is 2.04 bits per heavy atom. The number of amides is 1. The lowest BCUT2D eigenvalue weighted by atomic mass is 10.2. The topological polar surface area (TPSA) is 82.2 Å². The highest BCUT2D eigenvalue weighted by Gasteiger charge is 2.21. The molecule has 0 saturated heterocycles. The standard InChI is InChI=1S/C18H19ClN4O3/c1-4-23-11(2)9-16(21-23)20-18(24)17-15(12(3)26-22-17)10-25-14-7-5-13(19)6-8-14/h5-9H,4,10H2,1-3H3,(H,20,21,24). The van der Waals surface area contributed by atoms with Gasteiger partial charge in [-0.2, -0.15) is 5.10 Å². The first-order valence-corrected chi connectivity index (χ1v) is 8.55. The van der Waals surface area contributed by atoms with Crippen LogP contribution in [0.3, 0.4) is 0 Å². The van der Waals surface area contributed by atoms with Gasteiger partial charge in [0.25, 0.3) is 5.91 Å². The third-order valence-electron chi connectivity index (χ3n) is 3.92. The summed E-state index contributed by atoms with van der Waals surface area (Å²) >= 11 is 5.86. The monoisotopic (exact) mass is 374 g/mol. The van der Waals surface area contributed by atoms with Crippen LogP contribution in [0.5, 0.6) is 5.75 Å². The van der Waals surface area contributed by atoms with E-state index >= 15 is 0 Å². The molecule has 0 atom stereocenters. The number of nitrogens with zero attached hydrogens (tertiary/aromatic N) is 3. The van der Waals surface area contributed by atoms with Gasteiger partial charge >= 0.3 is 0 Å². The molecule has 3 rings (SSSR count). The number of benzene rings is 1. The Hall–Kier alpha value is -2.80. The van der Waals surface area contributed by atoms with E-state index in [1.165, 1.54) is 0 Å². The lowest BCUT2D eigenvalue weighted by Crippen LogP contribution is -2.16. The molecule has 1 N–H and O–H groups in total. The van der Waals surface area contributed by atoms with Crippen molar-refractivity contribution in [2.45, 2.75) is 33.9 Å². The van der Waals surface area contributed by atoms with Crippen LogP contribution >= 0.6 is 11.6 Å². The molecule has 0 bridgehead atoms. The summed E-state index contributed by atoms with van der Waals surface area (Å²) < 4.78 is 12.7. The van der Waals surface area contributed by atoms with Crippen LogP contribution in [-0.2, 0) is 13.2 Å². The number of halogens is 1. The molecule has 0 aliphatic carbocycles. The maximum atomic E-state index is 12.6. The third-order valence-corrected chi connectivity index (χ3v) is 4.17. The van der Waals surface area contributed by atoms with Gasteiger partial charge in [-0.3, -0.25) is 9.48 Å². The van der Waals surface area contributed by atoms with E-state index in [1.807, 2.05) is 13.8 Å². The van der Waals surface area contributed by atoms with Crippen LogP contribution < -0.4 is 10.1 Å². The van der Waals surface area contributed by atoms with E-state index in [0.717, 1.165) is 12.2 Å². The number of nitrogens with one attached hydrogen (secondary N) is 1. The molecule has 0 unspecified atom stereocenters. The van der Waals surface area contributed by atoms with E-state index in [4.69, 9.17) is 20.9 Å². The zero-order valence-corrected chi connectivity index (χ0v) is 15.5. The van der Waals surface area contributed by atoms with Crippen molar-refractivity contribution in [3.63, 3.8) is 0 Å². The van der Waals surface area contributed by atoms with Crippen LogP contribution in [0, 0.1) is 13.8 Å². The predicted octanol–water partition coefficient (Wildman–Crippen LogP) is 3.99. The Morgan fingerprint density at radius 3 is 2.69 bits per heavy atom. The molecule has 2 heterocycles. The Balaban J connectivity index is 1.73. The highest BCUT2D eigenvalue weighted by atomic mass is 35.5. The summed E-state index contributed by atoms with van der Waals surface area (Å²) in [6.45, 7) is 6.53. The molecule has 7 nitrogen and oxygen atoms in total. The summed E-state index contributed by atoms with van der Waals surface area (Å²) in [6, 6.07) is 8.78. The smallest absolute Gasteiger partial charge is 0.279 e. The van der Waals surface area contributed by atoms with Crippen LogP contribution in [0.25, 0.3) is 0 Å². The molecular weight excluding hydrogens is 356 g/mol. The summed E-state index contributed by atoms with van der Waals surface area (Å²) in [7, 11) is 0. The first kappa shape index (κ1) is 18.0. The highest BCUT2D eigenvalue weighted by Crippen LogP contribution is 2.20. The molecule has 1 aromatic carbocycles. The van der Waals surface area contributed by atoms with Crippen molar-refractivity contribution in [1.82, 2.24) is 14.9 Å². The molecule has 0 radical (unpaired) electrons. The second-order valence-electron chi connectivity index (χ2n) is 5.75. The van der Waals surface area contributed by atoms with Gasteiger partial charge in [0.15, 0.2) is 11.5 Å². The normalized spacial score (nSPS) is 10.8. The van der Waals surface area contributed by atoms with E-state index in [2.05, 4.69) is 15.6 Å². The Morgan fingerprint density at radius 1 is 1.31 bits per heavy atom. The minimum absolute atomic E-state index is 0.155. The summed E-state index contributed by atoms with van der Waals surface area (Å²) in [4.78, 5) is 12.6. The second kappa shape index (κ2) is 7.61. The summed E-state index contributed by atoms with van der Waals surface area (Å²) in [6.07, 6.45) is 0. The second-order valence-corrected chi connectivity index (χ2v) is 6.19. The molecule has 26 heavy (non-hydrogen) atoms. The molecular formula is C18H19ClN4O3. The molecule has 3 aromatic rings. The molecule has 2 aromatic heterocycles. The number of carbonyl (C=O) groups is 1. The van der Waals surface area contributed by atoms with E-state index < -0.39 is 5.91 Å². The fourth-order valence-corrected chi connectivity index (χ4v) is 2.62. The number of hydrogen-bond donors (Lipinski definition) is 1. The molecule has 0 spiro atoms. The Labute approximate surface area is 155 Å². The fourth-order valence-electron chi connectivity index (χ4n) is 2.49. The maximum Gasteiger partial charge on any atom is 0.279 e. The predicted molar refractivity (Wildman–Crippen MR) is 97.6 cm³/mol. The van der Waals surface area contributed by atoms with Gasteiger partial charge in [-0.15, -0.1) is 0 Å². The van der Waals surface area contributed by atoms with Crippen LogP contribution in [0.15, 0.2) is 34.9 Å². The minimum atomic E-state index is -0.391. The molecule has 0 fully saturated rings. The summed E-state index contributed by atoms with van der Waals surface area (Å²) in [5.74, 6) is 1.25. The van der Waals surface area contributed by atoms with Gasteiger partial charge in [0.2, 0.25) is 0 Å². The number of hydrogen-bond acceptors (Lipinski definition) is 5. The highest BCUT2D eigenvalue weighted by molar-refractivity contribution is 6.30. The average Bonchev–Trinajstić information content (AvgIpc) is 3.16. The molecule has 0 saturated carbocycles. The first-order chi connectivity index (χ1) is 12.5. The summed E-state index contributed by atoms with van der Waals surface area (Å²) in [5, 5.41) is 11.6. The number of aromatic nitrogens is 3. The lowest BCUT2D eigenvalue weighted by molar-refractivity contribution is 0.101. The van der Waals surface area contributed by atoms with Crippen molar-refractivity contribution < 1.29 is 14.1 Å². The van der Waals surface area contributed by atoms with E-state index in [-0.39, 0.29) is 12.3 Å². The average molecular weight is 375 g/mol. The fraction of sp³-hybridized carbons (Fsp3) is 0.278. The van der Waals surface area contributed by atoms with Crippen LogP contribution in [0.4, 0.5) is 5.82 Å². The molecule has 0 aliphatic rings. The Bertz CT molecular complexity index is 915. The van der Waals surface area contributed by atoms with Crippen LogP contribution in [0.1, 0.15) is 34.4 Å². The zero-order chi connectivity index (χ0) is 18.7. The van der Waals surface area contributed by atoms with Crippen molar-refractivity contribution in [2.75, 3.05) is 5.32 Å². The van der Waals surface area contributed by atoms with Crippen LogP contribution in [-0.4, -0.2) is 20.8 Å². The molecule has 0 aliphatic heterocycles. The Kier molecular flexibility index (Phi) is 5.27. The van der Waals surface area contributed by atoms with Crippen molar-refractivity contribution >= 4 is 23.3 Å². The van der Waals surface area contributed by atoms with Gasteiger partial charge in [0.05, 0.1) is 5.56 Å².